The smallest absolute Gasteiger partial charge is 0.237 e. The Hall–Kier alpha value is -0.580. The minimum absolute atomic E-state index is 0.0125. The van der Waals surface area contributed by atoms with Crippen molar-refractivity contribution in [3.8, 4) is 5.88 Å². The molecule has 0 amide bonds. The molecule has 0 spiro atoms. The molecule has 1 aromatic heterocycles. The van der Waals surface area contributed by atoms with Gasteiger partial charge in [-0.25, -0.2) is 4.98 Å². The summed E-state index contributed by atoms with van der Waals surface area (Å²) in [6.45, 7) is 1.28. The maximum Gasteiger partial charge on any atom is 0.237 e. The van der Waals surface area contributed by atoms with Crippen molar-refractivity contribution in [2.24, 2.45) is 0 Å². The van der Waals surface area contributed by atoms with E-state index in [9.17, 15) is 0 Å². The molecule has 1 aliphatic heterocycles. The first-order chi connectivity index (χ1) is 6.75. The molecule has 6 heteroatoms. The summed E-state index contributed by atoms with van der Waals surface area (Å²) in [5.74, 6) is 0.321. The topological polar surface area (TPSA) is 44.2 Å². The van der Waals surface area contributed by atoms with Crippen LogP contribution in [0.1, 0.15) is 6.42 Å². The van der Waals surface area contributed by atoms with Crippen molar-refractivity contribution in [2.75, 3.05) is 13.2 Å². The summed E-state index contributed by atoms with van der Waals surface area (Å²) in [5.41, 5.74) is 0. The fourth-order valence-electron chi connectivity index (χ4n) is 1.18. The first kappa shape index (κ1) is 9.96. The number of rotatable bonds is 2. The average Bonchev–Trinajstić information content (AvgIpc) is 2.64. The average molecular weight is 235 g/mol. The van der Waals surface area contributed by atoms with E-state index in [-0.39, 0.29) is 11.4 Å². The van der Waals surface area contributed by atoms with Crippen molar-refractivity contribution in [1.82, 2.24) is 9.97 Å². The molecular weight excluding hydrogens is 227 g/mol. The second-order valence-corrected chi connectivity index (χ2v) is 3.64. The lowest BCUT2D eigenvalue weighted by atomic mass is 10.3. The molecule has 1 aromatic rings. The van der Waals surface area contributed by atoms with Crippen LogP contribution in [0.5, 0.6) is 5.88 Å². The Morgan fingerprint density at radius 1 is 1.50 bits per heavy atom. The molecule has 1 saturated heterocycles. The van der Waals surface area contributed by atoms with Crippen LogP contribution in [0.2, 0.25) is 10.3 Å². The van der Waals surface area contributed by atoms with E-state index in [0.717, 1.165) is 6.42 Å². The van der Waals surface area contributed by atoms with Gasteiger partial charge in [0.1, 0.15) is 11.1 Å². The summed E-state index contributed by atoms with van der Waals surface area (Å²) in [5, 5.41) is 0.490. The number of hydrogen-bond acceptors (Lipinski definition) is 4. The molecule has 76 valence electrons. The normalized spacial score (nSPS) is 21.1. The first-order valence-electron chi connectivity index (χ1n) is 4.18. The highest BCUT2D eigenvalue weighted by Crippen LogP contribution is 2.24. The maximum atomic E-state index is 5.83. The van der Waals surface area contributed by atoms with E-state index >= 15 is 0 Å². The van der Waals surface area contributed by atoms with Crippen molar-refractivity contribution in [2.45, 2.75) is 12.5 Å². The highest BCUT2D eigenvalue weighted by atomic mass is 35.5. The summed E-state index contributed by atoms with van der Waals surface area (Å²) in [7, 11) is 0. The Morgan fingerprint density at radius 2 is 2.36 bits per heavy atom. The standard InChI is InChI=1S/C8H8Cl2N2O2/c9-6-3-11-8(10)12-7(6)14-5-1-2-13-4-5/h3,5H,1-2,4H2/t5-/m0/s1. The van der Waals surface area contributed by atoms with E-state index in [1.165, 1.54) is 6.20 Å². The van der Waals surface area contributed by atoms with E-state index in [1.54, 1.807) is 0 Å². The lowest BCUT2D eigenvalue weighted by Gasteiger charge is -2.11. The van der Waals surface area contributed by atoms with Gasteiger partial charge in [-0.05, 0) is 11.6 Å². The predicted octanol–water partition coefficient (Wildman–Crippen LogP) is 1.95. The number of halogens is 2. The third kappa shape index (κ3) is 2.26. The maximum absolute atomic E-state index is 5.83. The molecule has 0 saturated carbocycles. The van der Waals surface area contributed by atoms with Gasteiger partial charge in [0.25, 0.3) is 0 Å². The third-order valence-electron chi connectivity index (χ3n) is 1.85. The third-order valence-corrected chi connectivity index (χ3v) is 2.29. The van der Waals surface area contributed by atoms with Gasteiger partial charge in [0.15, 0.2) is 0 Å². The van der Waals surface area contributed by atoms with E-state index in [4.69, 9.17) is 32.7 Å². The lowest BCUT2D eigenvalue weighted by Crippen LogP contribution is -2.16. The predicted molar refractivity (Wildman–Crippen MR) is 51.9 cm³/mol. The number of hydrogen-bond donors (Lipinski definition) is 0. The molecule has 1 fully saturated rings. The minimum atomic E-state index is 0.0125. The largest absolute Gasteiger partial charge is 0.471 e. The summed E-state index contributed by atoms with van der Waals surface area (Å²) in [6, 6.07) is 0. The summed E-state index contributed by atoms with van der Waals surface area (Å²) >= 11 is 11.4. The van der Waals surface area contributed by atoms with Crippen molar-refractivity contribution >= 4 is 23.2 Å². The molecule has 0 bridgehead atoms. The number of aromatic nitrogens is 2. The minimum Gasteiger partial charge on any atom is -0.471 e. The van der Waals surface area contributed by atoms with E-state index < -0.39 is 0 Å². The summed E-state index contributed by atoms with van der Waals surface area (Å²) < 4.78 is 10.6. The molecule has 0 aromatic carbocycles. The van der Waals surface area contributed by atoms with Gasteiger partial charge < -0.3 is 9.47 Å². The quantitative estimate of drug-likeness (QED) is 0.735. The lowest BCUT2D eigenvalue weighted by molar-refractivity contribution is 0.138. The molecule has 1 atom stereocenters. The first-order valence-corrected chi connectivity index (χ1v) is 4.94. The molecule has 2 rings (SSSR count). The molecular formula is C8H8Cl2N2O2. The Bertz CT molecular complexity index is 329. The molecule has 0 radical (unpaired) electrons. The van der Waals surface area contributed by atoms with Gasteiger partial charge in [0, 0.05) is 6.42 Å². The van der Waals surface area contributed by atoms with Crippen molar-refractivity contribution in [3.63, 3.8) is 0 Å². The zero-order valence-electron chi connectivity index (χ0n) is 7.24. The van der Waals surface area contributed by atoms with E-state index in [1.807, 2.05) is 0 Å². The second-order valence-electron chi connectivity index (χ2n) is 2.90. The van der Waals surface area contributed by atoms with Crippen LogP contribution in [-0.4, -0.2) is 29.3 Å². The van der Waals surface area contributed by atoms with Crippen molar-refractivity contribution in [1.29, 1.82) is 0 Å². The monoisotopic (exact) mass is 234 g/mol. The SMILES string of the molecule is Clc1ncc(Cl)c(O[C@H]2CCOC2)n1. The number of ether oxygens (including phenoxy) is 2. The van der Waals surface area contributed by atoms with Gasteiger partial charge >= 0.3 is 0 Å². The highest BCUT2D eigenvalue weighted by molar-refractivity contribution is 6.32. The Balaban J connectivity index is 2.10. The molecule has 0 aliphatic carbocycles. The van der Waals surface area contributed by atoms with Crippen LogP contribution in [0.15, 0.2) is 6.20 Å². The van der Waals surface area contributed by atoms with E-state index in [0.29, 0.717) is 24.1 Å². The molecule has 4 nitrogen and oxygen atoms in total. The van der Waals surface area contributed by atoms with Crippen molar-refractivity contribution < 1.29 is 9.47 Å². The van der Waals surface area contributed by atoms with Crippen LogP contribution in [0, 0.1) is 0 Å². The van der Waals surface area contributed by atoms with Crippen LogP contribution in [-0.2, 0) is 4.74 Å². The van der Waals surface area contributed by atoms with Gasteiger partial charge in [-0.1, -0.05) is 11.6 Å². The molecule has 1 aliphatic rings. The van der Waals surface area contributed by atoms with E-state index in [2.05, 4.69) is 9.97 Å². The van der Waals surface area contributed by atoms with Gasteiger partial charge in [0.05, 0.1) is 19.4 Å². The van der Waals surface area contributed by atoms with Gasteiger partial charge in [-0.3, -0.25) is 0 Å². The van der Waals surface area contributed by atoms with Crippen LogP contribution < -0.4 is 4.74 Å². The zero-order chi connectivity index (χ0) is 9.97. The highest BCUT2D eigenvalue weighted by Gasteiger charge is 2.19. The Labute approximate surface area is 91.2 Å². The molecule has 14 heavy (non-hydrogen) atoms. The Morgan fingerprint density at radius 3 is 3.07 bits per heavy atom. The van der Waals surface area contributed by atoms with Gasteiger partial charge in [-0.2, -0.15) is 4.98 Å². The van der Waals surface area contributed by atoms with Gasteiger partial charge in [-0.15, -0.1) is 0 Å². The second kappa shape index (κ2) is 4.29. The fraction of sp³-hybridized carbons (Fsp3) is 0.500. The van der Waals surface area contributed by atoms with Crippen LogP contribution in [0.3, 0.4) is 0 Å². The Kier molecular flexibility index (Phi) is 3.05. The number of nitrogens with zero attached hydrogens (tertiary/aromatic N) is 2. The summed E-state index contributed by atoms with van der Waals surface area (Å²) in [6.07, 6.45) is 2.28. The van der Waals surface area contributed by atoms with Gasteiger partial charge in [0.2, 0.25) is 11.2 Å². The van der Waals surface area contributed by atoms with Crippen LogP contribution in [0.4, 0.5) is 0 Å². The molecule has 0 N–H and O–H groups in total. The summed E-state index contributed by atoms with van der Waals surface area (Å²) in [4.78, 5) is 7.61. The molecule has 2 heterocycles. The van der Waals surface area contributed by atoms with Crippen LogP contribution >= 0.6 is 23.2 Å². The van der Waals surface area contributed by atoms with Crippen molar-refractivity contribution in [3.05, 3.63) is 16.5 Å². The zero-order valence-corrected chi connectivity index (χ0v) is 8.75. The van der Waals surface area contributed by atoms with Crippen LogP contribution in [0.25, 0.3) is 0 Å². The molecule has 0 unspecified atom stereocenters. The fourth-order valence-corrected chi connectivity index (χ4v) is 1.44.